The van der Waals surface area contributed by atoms with Gasteiger partial charge in [0.1, 0.15) is 0 Å². The molecule has 112 valence electrons. The Hall–Kier alpha value is -1.30. The molecular weight excluding hydrogens is 248 g/mol. The molecule has 0 aromatic heterocycles. The zero-order valence-corrected chi connectivity index (χ0v) is 12.1. The van der Waals surface area contributed by atoms with E-state index in [1.54, 1.807) is 16.7 Å². The number of aliphatic carboxylic acids is 1. The lowest BCUT2D eigenvalue weighted by molar-refractivity contribution is -0.138. The fraction of sp³-hybridized carbons (Fsp3) is 0.846. The Balaban J connectivity index is 4.69. The molecule has 19 heavy (non-hydrogen) atoms. The molecule has 2 N–H and O–H groups in total. The van der Waals surface area contributed by atoms with Crippen LogP contribution >= 0.6 is 0 Å². The Morgan fingerprint density at radius 2 is 1.84 bits per heavy atom. The second-order valence-electron chi connectivity index (χ2n) is 4.58. The molecule has 0 aliphatic rings. The number of hydrogen-bond donors (Lipinski definition) is 2. The van der Waals surface area contributed by atoms with Crippen molar-refractivity contribution in [2.45, 2.75) is 46.1 Å². The van der Waals surface area contributed by atoms with Gasteiger partial charge < -0.3 is 20.0 Å². The highest BCUT2D eigenvalue weighted by molar-refractivity contribution is 5.76. The Morgan fingerprint density at radius 1 is 1.21 bits per heavy atom. The first-order valence-electron chi connectivity index (χ1n) is 6.86. The third-order valence-corrected chi connectivity index (χ3v) is 3.01. The number of carbonyl (C=O) groups is 2. The van der Waals surface area contributed by atoms with E-state index in [0.29, 0.717) is 13.1 Å². The van der Waals surface area contributed by atoms with Crippen LogP contribution in [0.3, 0.4) is 0 Å². The van der Waals surface area contributed by atoms with Gasteiger partial charge in [-0.05, 0) is 20.3 Å². The van der Waals surface area contributed by atoms with Crippen molar-refractivity contribution in [3.63, 3.8) is 0 Å². The van der Waals surface area contributed by atoms with E-state index < -0.39 is 5.97 Å². The van der Waals surface area contributed by atoms with E-state index in [-0.39, 0.29) is 31.6 Å². The van der Waals surface area contributed by atoms with Crippen molar-refractivity contribution in [2.24, 2.45) is 0 Å². The summed E-state index contributed by atoms with van der Waals surface area (Å²) in [6.45, 7) is 6.84. The van der Waals surface area contributed by atoms with E-state index >= 15 is 0 Å². The van der Waals surface area contributed by atoms with Crippen LogP contribution in [0, 0.1) is 0 Å². The summed E-state index contributed by atoms with van der Waals surface area (Å²) in [6.07, 6.45) is 1.77. The van der Waals surface area contributed by atoms with Gasteiger partial charge in [0.2, 0.25) is 0 Å². The van der Waals surface area contributed by atoms with Crippen molar-refractivity contribution in [3.05, 3.63) is 0 Å². The van der Waals surface area contributed by atoms with Crippen LogP contribution in [-0.2, 0) is 4.79 Å². The first kappa shape index (κ1) is 17.7. The van der Waals surface area contributed by atoms with E-state index in [9.17, 15) is 9.59 Å². The zero-order valence-electron chi connectivity index (χ0n) is 12.1. The molecule has 6 heteroatoms. The first-order valence-corrected chi connectivity index (χ1v) is 6.86. The molecule has 0 saturated heterocycles. The zero-order chi connectivity index (χ0) is 14.8. The minimum Gasteiger partial charge on any atom is -0.481 e. The molecule has 0 aromatic carbocycles. The predicted octanol–water partition coefficient (Wildman–Crippen LogP) is 1.39. The molecule has 1 unspecified atom stereocenters. The summed E-state index contributed by atoms with van der Waals surface area (Å²) in [6, 6.07) is -0.545. The molecule has 1 atom stereocenters. The van der Waals surface area contributed by atoms with Gasteiger partial charge in [-0.1, -0.05) is 13.3 Å². The van der Waals surface area contributed by atoms with Crippen molar-refractivity contribution in [1.82, 2.24) is 9.80 Å². The van der Waals surface area contributed by atoms with E-state index in [0.717, 1.165) is 12.8 Å². The molecular formula is C13H26N2O4. The Bertz CT molecular complexity index is 284. The van der Waals surface area contributed by atoms with E-state index in [4.69, 9.17) is 10.2 Å². The SMILES string of the molecule is CCCCN(CCO)C(=O)N(CC)C(C)CC(=O)O. The van der Waals surface area contributed by atoms with Crippen LogP contribution in [-0.4, -0.2) is 64.3 Å². The van der Waals surface area contributed by atoms with E-state index in [1.807, 2.05) is 13.8 Å². The Kier molecular flexibility index (Phi) is 8.95. The van der Waals surface area contributed by atoms with Gasteiger partial charge in [0.05, 0.1) is 13.0 Å². The summed E-state index contributed by atoms with van der Waals surface area (Å²) in [4.78, 5) is 26.2. The highest BCUT2D eigenvalue weighted by Crippen LogP contribution is 2.09. The maximum atomic E-state index is 12.3. The molecule has 0 aliphatic carbocycles. The van der Waals surface area contributed by atoms with E-state index in [2.05, 4.69) is 0 Å². The second-order valence-corrected chi connectivity index (χ2v) is 4.58. The maximum Gasteiger partial charge on any atom is 0.320 e. The van der Waals surface area contributed by atoms with Crippen molar-refractivity contribution in [2.75, 3.05) is 26.2 Å². The molecule has 0 fully saturated rings. The average molecular weight is 274 g/mol. The number of aliphatic hydroxyl groups excluding tert-OH is 1. The van der Waals surface area contributed by atoms with Gasteiger partial charge >= 0.3 is 12.0 Å². The number of carboxylic acids is 1. The highest BCUT2D eigenvalue weighted by atomic mass is 16.4. The Labute approximate surface area is 115 Å². The van der Waals surface area contributed by atoms with Gasteiger partial charge in [-0.2, -0.15) is 0 Å². The molecule has 0 aliphatic heterocycles. The van der Waals surface area contributed by atoms with Crippen molar-refractivity contribution >= 4 is 12.0 Å². The summed E-state index contributed by atoms with van der Waals surface area (Å²) in [7, 11) is 0. The number of rotatable bonds is 9. The minimum absolute atomic E-state index is 0.0691. The van der Waals surface area contributed by atoms with Crippen molar-refractivity contribution < 1.29 is 19.8 Å². The lowest BCUT2D eigenvalue weighted by Gasteiger charge is -2.33. The number of hydrogen-bond acceptors (Lipinski definition) is 3. The fourth-order valence-corrected chi connectivity index (χ4v) is 1.95. The third kappa shape index (κ3) is 6.42. The molecule has 0 bridgehead atoms. The largest absolute Gasteiger partial charge is 0.481 e. The lowest BCUT2D eigenvalue weighted by Crippen LogP contribution is -2.48. The highest BCUT2D eigenvalue weighted by Gasteiger charge is 2.24. The fourth-order valence-electron chi connectivity index (χ4n) is 1.95. The van der Waals surface area contributed by atoms with Gasteiger partial charge in [-0.15, -0.1) is 0 Å². The molecule has 0 spiro atoms. The number of carbonyl (C=O) groups excluding carboxylic acids is 1. The van der Waals surface area contributed by atoms with Gasteiger partial charge in [0.25, 0.3) is 0 Å². The summed E-state index contributed by atoms with van der Waals surface area (Å²) >= 11 is 0. The normalized spacial score (nSPS) is 12.0. The van der Waals surface area contributed by atoms with Crippen LogP contribution in [0.15, 0.2) is 0 Å². The summed E-state index contributed by atoms with van der Waals surface area (Å²) in [5.41, 5.74) is 0. The van der Waals surface area contributed by atoms with Gasteiger partial charge in [-0.3, -0.25) is 4.79 Å². The molecule has 0 aromatic rings. The van der Waals surface area contributed by atoms with Crippen LogP contribution < -0.4 is 0 Å². The van der Waals surface area contributed by atoms with E-state index in [1.165, 1.54) is 0 Å². The number of amides is 2. The number of urea groups is 1. The van der Waals surface area contributed by atoms with Crippen LogP contribution in [0.1, 0.15) is 40.0 Å². The third-order valence-electron chi connectivity index (χ3n) is 3.01. The summed E-state index contributed by atoms with van der Waals surface area (Å²) < 4.78 is 0. The molecule has 0 saturated carbocycles. The van der Waals surface area contributed by atoms with Gasteiger partial charge in [0, 0.05) is 25.7 Å². The number of unbranched alkanes of at least 4 members (excludes halogenated alkanes) is 1. The Morgan fingerprint density at radius 3 is 2.26 bits per heavy atom. The maximum absolute atomic E-state index is 12.3. The molecule has 2 amide bonds. The summed E-state index contributed by atoms with van der Waals surface area (Å²) in [5, 5.41) is 17.8. The van der Waals surface area contributed by atoms with Crippen LogP contribution in [0.2, 0.25) is 0 Å². The van der Waals surface area contributed by atoms with Crippen LogP contribution in [0.5, 0.6) is 0 Å². The smallest absolute Gasteiger partial charge is 0.320 e. The monoisotopic (exact) mass is 274 g/mol. The topological polar surface area (TPSA) is 81.1 Å². The minimum atomic E-state index is -0.916. The van der Waals surface area contributed by atoms with Gasteiger partial charge in [-0.25, -0.2) is 4.79 Å². The lowest BCUT2D eigenvalue weighted by atomic mass is 10.2. The second kappa shape index (κ2) is 9.61. The van der Waals surface area contributed by atoms with Gasteiger partial charge in [0.15, 0.2) is 0 Å². The van der Waals surface area contributed by atoms with Crippen molar-refractivity contribution in [1.29, 1.82) is 0 Å². The summed E-state index contributed by atoms with van der Waals surface area (Å²) in [5.74, 6) is -0.916. The first-order chi connectivity index (χ1) is 8.97. The molecule has 0 rings (SSSR count). The predicted molar refractivity (Wildman–Crippen MR) is 73.1 cm³/mol. The number of nitrogens with zero attached hydrogens (tertiary/aromatic N) is 2. The van der Waals surface area contributed by atoms with Crippen LogP contribution in [0.25, 0.3) is 0 Å². The number of aliphatic hydroxyl groups is 1. The molecule has 0 radical (unpaired) electrons. The van der Waals surface area contributed by atoms with Crippen LogP contribution in [0.4, 0.5) is 4.79 Å². The molecule has 6 nitrogen and oxygen atoms in total. The molecule has 0 heterocycles. The number of carboxylic acid groups (broad SMARTS) is 1. The standard InChI is InChI=1S/C13H26N2O4/c1-4-6-7-14(8-9-16)13(19)15(5-2)11(3)10-12(17)18/h11,16H,4-10H2,1-3H3,(H,17,18). The van der Waals surface area contributed by atoms with Crippen molar-refractivity contribution in [3.8, 4) is 0 Å². The average Bonchev–Trinajstić information content (AvgIpc) is 2.34. The quantitative estimate of drug-likeness (QED) is 0.665.